The number of carboxylic acids is 1. The first-order chi connectivity index (χ1) is 10.2. The lowest BCUT2D eigenvalue weighted by Crippen LogP contribution is -2.53. The van der Waals surface area contributed by atoms with E-state index in [1.54, 1.807) is 0 Å². The molecule has 2 amide bonds. The van der Waals surface area contributed by atoms with Crippen molar-refractivity contribution in [2.75, 3.05) is 0 Å². The van der Waals surface area contributed by atoms with Crippen molar-refractivity contribution in [3.8, 4) is 0 Å². The number of carbonyl (C=O) groups is 3. The minimum absolute atomic E-state index is 0.114. The molecule has 0 saturated heterocycles. The van der Waals surface area contributed by atoms with Crippen LogP contribution in [0.4, 0.5) is 0 Å². The average molecular weight is 314 g/mol. The van der Waals surface area contributed by atoms with Gasteiger partial charge in [0.25, 0.3) is 0 Å². The minimum atomic E-state index is -1.04. The maximum atomic E-state index is 12.3. The van der Waals surface area contributed by atoms with Gasteiger partial charge in [0.2, 0.25) is 11.8 Å². The smallest absolute Gasteiger partial charge is 0.326 e. The van der Waals surface area contributed by atoms with Crippen LogP contribution in [0.5, 0.6) is 0 Å². The second-order valence-electron chi connectivity index (χ2n) is 6.43. The van der Waals surface area contributed by atoms with Crippen molar-refractivity contribution in [3.63, 3.8) is 0 Å². The molecule has 22 heavy (non-hydrogen) atoms. The first kappa shape index (κ1) is 20.4. The first-order valence-electron chi connectivity index (χ1n) is 8.01. The Morgan fingerprint density at radius 1 is 1.05 bits per heavy atom. The Morgan fingerprint density at radius 3 is 2.05 bits per heavy atom. The molecule has 0 aromatic heterocycles. The predicted octanol–water partition coefficient (Wildman–Crippen LogP) is 1.93. The molecule has 0 aromatic rings. The van der Waals surface area contributed by atoms with Gasteiger partial charge in [-0.1, -0.05) is 47.5 Å². The van der Waals surface area contributed by atoms with Crippen molar-refractivity contribution in [3.05, 3.63) is 0 Å². The minimum Gasteiger partial charge on any atom is -0.480 e. The second kappa shape index (κ2) is 10.2. The van der Waals surface area contributed by atoms with E-state index in [1.807, 2.05) is 34.6 Å². The molecule has 6 nitrogen and oxygen atoms in total. The Labute approximate surface area is 133 Å². The van der Waals surface area contributed by atoms with Gasteiger partial charge in [-0.3, -0.25) is 9.59 Å². The number of rotatable bonds is 10. The van der Waals surface area contributed by atoms with Crippen LogP contribution in [-0.4, -0.2) is 35.0 Å². The topological polar surface area (TPSA) is 95.5 Å². The highest BCUT2D eigenvalue weighted by Gasteiger charge is 2.28. The van der Waals surface area contributed by atoms with Gasteiger partial charge in [0, 0.05) is 6.42 Å². The van der Waals surface area contributed by atoms with Gasteiger partial charge in [0.15, 0.2) is 0 Å². The Morgan fingerprint density at radius 2 is 1.64 bits per heavy atom. The molecular formula is C16H30N2O4. The molecule has 6 heteroatoms. The van der Waals surface area contributed by atoms with Gasteiger partial charge in [-0.05, 0) is 18.3 Å². The highest BCUT2D eigenvalue weighted by molar-refractivity contribution is 5.90. The van der Waals surface area contributed by atoms with Gasteiger partial charge in [0.05, 0.1) is 0 Å². The largest absolute Gasteiger partial charge is 0.480 e. The third kappa shape index (κ3) is 8.00. The van der Waals surface area contributed by atoms with Gasteiger partial charge in [0.1, 0.15) is 12.1 Å². The number of amides is 2. The third-order valence-electron chi connectivity index (χ3n) is 3.32. The Hall–Kier alpha value is -1.59. The van der Waals surface area contributed by atoms with Crippen LogP contribution < -0.4 is 10.6 Å². The first-order valence-corrected chi connectivity index (χ1v) is 8.01. The number of hydrogen-bond donors (Lipinski definition) is 3. The molecule has 128 valence electrons. The zero-order valence-corrected chi connectivity index (χ0v) is 14.3. The van der Waals surface area contributed by atoms with Gasteiger partial charge >= 0.3 is 5.97 Å². The summed E-state index contributed by atoms with van der Waals surface area (Å²) in [6.07, 6.45) is 2.32. The van der Waals surface area contributed by atoms with E-state index in [9.17, 15) is 14.4 Å². The summed E-state index contributed by atoms with van der Waals surface area (Å²) >= 11 is 0. The predicted molar refractivity (Wildman–Crippen MR) is 85.3 cm³/mol. The molecule has 3 N–H and O–H groups in total. The van der Waals surface area contributed by atoms with E-state index in [0.717, 1.165) is 12.8 Å². The number of carboxylic acid groups (broad SMARTS) is 1. The third-order valence-corrected chi connectivity index (χ3v) is 3.32. The molecule has 0 aliphatic rings. The summed E-state index contributed by atoms with van der Waals surface area (Å²) < 4.78 is 0. The quantitative estimate of drug-likeness (QED) is 0.574. The summed E-state index contributed by atoms with van der Waals surface area (Å²) in [5.74, 6) is -1.58. The maximum absolute atomic E-state index is 12.3. The molecule has 0 aliphatic heterocycles. The van der Waals surface area contributed by atoms with E-state index in [0.29, 0.717) is 12.8 Å². The zero-order valence-electron chi connectivity index (χ0n) is 14.3. The lowest BCUT2D eigenvalue weighted by molar-refractivity contribution is -0.142. The van der Waals surface area contributed by atoms with Crippen molar-refractivity contribution in [2.45, 2.75) is 72.4 Å². The normalized spacial score (nSPS) is 13.8. The molecule has 0 saturated carbocycles. The van der Waals surface area contributed by atoms with E-state index >= 15 is 0 Å². The van der Waals surface area contributed by atoms with Gasteiger partial charge in [-0.15, -0.1) is 0 Å². The SMILES string of the molecule is CCCCC(NC(=O)C(NC(=O)CC(C)C)C(C)C)C(=O)O. The fraction of sp³-hybridized carbons (Fsp3) is 0.812. The van der Waals surface area contributed by atoms with Crippen LogP contribution in [0.25, 0.3) is 0 Å². The molecule has 0 aromatic carbocycles. The summed E-state index contributed by atoms with van der Waals surface area (Å²) in [4.78, 5) is 35.4. The van der Waals surface area contributed by atoms with Crippen molar-refractivity contribution < 1.29 is 19.5 Å². The van der Waals surface area contributed by atoms with Crippen LogP contribution in [0.3, 0.4) is 0 Å². The Kier molecular flexibility index (Phi) is 9.45. The molecule has 2 atom stereocenters. The molecule has 0 heterocycles. The maximum Gasteiger partial charge on any atom is 0.326 e. The summed E-state index contributed by atoms with van der Waals surface area (Å²) in [5.41, 5.74) is 0. The standard InChI is InChI=1S/C16H30N2O4/c1-6-7-8-12(16(21)22)17-15(20)14(11(4)5)18-13(19)9-10(2)3/h10-12,14H,6-9H2,1-5H3,(H,17,20)(H,18,19)(H,21,22). The molecule has 0 bridgehead atoms. The average Bonchev–Trinajstić information content (AvgIpc) is 2.38. The molecule has 0 spiro atoms. The van der Waals surface area contributed by atoms with E-state index < -0.39 is 24.0 Å². The van der Waals surface area contributed by atoms with Crippen LogP contribution in [-0.2, 0) is 14.4 Å². The van der Waals surface area contributed by atoms with Gasteiger partial charge in [-0.25, -0.2) is 4.79 Å². The monoisotopic (exact) mass is 314 g/mol. The van der Waals surface area contributed by atoms with E-state index in [2.05, 4.69) is 10.6 Å². The summed E-state index contributed by atoms with van der Waals surface area (Å²) in [7, 11) is 0. The second-order valence-corrected chi connectivity index (χ2v) is 6.43. The lowest BCUT2D eigenvalue weighted by atomic mass is 10.0. The lowest BCUT2D eigenvalue weighted by Gasteiger charge is -2.24. The fourth-order valence-electron chi connectivity index (χ4n) is 2.07. The highest BCUT2D eigenvalue weighted by atomic mass is 16.4. The molecule has 0 radical (unpaired) electrons. The molecule has 0 fully saturated rings. The fourth-order valence-corrected chi connectivity index (χ4v) is 2.07. The number of hydrogen-bond acceptors (Lipinski definition) is 3. The van der Waals surface area contributed by atoms with E-state index in [1.165, 1.54) is 0 Å². The van der Waals surface area contributed by atoms with Crippen molar-refractivity contribution in [1.82, 2.24) is 10.6 Å². The molecule has 2 unspecified atom stereocenters. The number of nitrogens with one attached hydrogen (secondary N) is 2. The van der Waals surface area contributed by atoms with Gasteiger partial charge < -0.3 is 15.7 Å². The Bertz CT molecular complexity index is 380. The van der Waals surface area contributed by atoms with Crippen LogP contribution in [0.1, 0.15) is 60.3 Å². The van der Waals surface area contributed by atoms with Crippen LogP contribution >= 0.6 is 0 Å². The molecular weight excluding hydrogens is 284 g/mol. The van der Waals surface area contributed by atoms with E-state index in [4.69, 9.17) is 5.11 Å². The van der Waals surface area contributed by atoms with Crippen molar-refractivity contribution in [1.29, 1.82) is 0 Å². The summed E-state index contributed by atoms with van der Waals surface area (Å²) in [5, 5.41) is 14.4. The van der Waals surface area contributed by atoms with Crippen molar-refractivity contribution >= 4 is 17.8 Å². The summed E-state index contributed by atoms with van der Waals surface area (Å²) in [6, 6.07) is -1.62. The summed E-state index contributed by atoms with van der Waals surface area (Å²) in [6.45, 7) is 9.46. The van der Waals surface area contributed by atoms with E-state index in [-0.39, 0.29) is 17.7 Å². The number of unbranched alkanes of at least 4 members (excludes halogenated alkanes) is 1. The zero-order chi connectivity index (χ0) is 17.3. The van der Waals surface area contributed by atoms with Crippen LogP contribution in [0.15, 0.2) is 0 Å². The Balaban J connectivity index is 4.76. The molecule has 0 aliphatic carbocycles. The molecule has 0 rings (SSSR count). The highest BCUT2D eigenvalue weighted by Crippen LogP contribution is 2.07. The van der Waals surface area contributed by atoms with Crippen LogP contribution in [0, 0.1) is 11.8 Å². The van der Waals surface area contributed by atoms with Crippen LogP contribution in [0.2, 0.25) is 0 Å². The number of carbonyl (C=O) groups excluding carboxylic acids is 2. The van der Waals surface area contributed by atoms with Gasteiger partial charge in [-0.2, -0.15) is 0 Å². The van der Waals surface area contributed by atoms with Crippen molar-refractivity contribution in [2.24, 2.45) is 11.8 Å². The number of aliphatic carboxylic acids is 1.